The first kappa shape index (κ1) is 17.6. The first-order valence-electron chi connectivity index (χ1n) is 10.1. The van der Waals surface area contributed by atoms with E-state index in [0.29, 0.717) is 22.3 Å². The van der Waals surface area contributed by atoms with E-state index < -0.39 is 0 Å². The van der Waals surface area contributed by atoms with Crippen molar-refractivity contribution < 1.29 is 4.90 Å². The Morgan fingerprint density at radius 2 is 1.81 bits per heavy atom. The fraction of sp³-hybridized carbons (Fsp3) is 0.652. The normalized spacial score (nSPS) is 37.7. The van der Waals surface area contributed by atoms with Crippen LogP contribution in [0.2, 0.25) is 0 Å². The van der Waals surface area contributed by atoms with Gasteiger partial charge in [-0.3, -0.25) is 0 Å². The van der Waals surface area contributed by atoms with E-state index in [1.165, 1.54) is 44.2 Å². The smallest absolute Gasteiger partial charge is 0.132 e. The van der Waals surface area contributed by atoms with Crippen LogP contribution in [0.3, 0.4) is 0 Å². The molecular formula is C23H30N3+. The van der Waals surface area contributed by atoms with Crippen molar-refractivity contribution in [3.05, 3.63) is 34.6 Å². The summed E-state index contributed by atoms with van der Waals surface area (Å²) in [5, 5.41) is 18.4. The van der Waals surface area contributed by atoms with Crippen LogP contribution >= 0.6 is 0 Å². The predicted molar refractivity (Wildman–Crippen MR) is 102 cm³/mol. The summed E-state index contributed by atoms with van der Waals surface area (Å²) in [6, 6.07) is 4.91. The topological polar surface area (TPSA) is 52.0 Å². The van der Waals surface area contributed by atoms with E-state index >= 15 is 0 Å². The Bertz CT molecular complexity index is 782. The zero-order chi connectivity index (χ0) is 18.5. The Morgan fingerprint density at radius 3 is 2.54 bits per heavy atom. The van der Waals surface area contributed by atoms with Gasteiger partial charge in [0.15, 0.2) is 0 Å². The van der Waals surface area contributed by atoms with Gasteiger partial charge in [-0.1, -0.05) is 26.8 Å². The Hall–Kier alpha value is -1.84. The monoisotopic (exact) mass is 348 g/mol. The van der Waals surface area contributed by atoms with Gasteiger partial charge in [-0.15, -0.1) is 0 Å². The molecule has 0 spiro atoms. The van der Waals surface area contributed by atoms with Gasteiger partial charge in [-0.05, 0) is 54.2 Å². The number of nitrogens with one attached hydrogen (secondary N) is 1. The lowest BCUT2D eigenvalue weighted by atomic mass is 9.65. The highest BCUT2D eigenvalue weighted by molar-refractivity contribution is 5.49. The van der Waals surface area contributed by atoms with Crippen molar-refractivity contribution in [3.63, 3.8) is 0 Å². The molecule has 136 valence electrons. The Morgan fingerprint density at radius 1 is 1.08 bits per heavy atom. The molecule has 2 fully saturated rings. The lowest BCUT2D eigenvalue weighted by Gasteiger charge is -2.37. The third kappa shape index (κ3) is 3.04. The molecule has 3 nitrogen and oxygen atoms in total. The lowest BCUT2D eigenvalue weighted by Crippen LogP contribution is -3.12. The molecule has 1 N–H and O–H groups in total. The highest BCUT2D eigenvalue weighted by Gasteiger charge is 2.54. The van der Waals surface area contributed by atoms with Crippen LogP contribution in [0.5, 0.6) is 0 Å². The van der Waals surface area contributed by atoms with E-state index in [2.05, 4.69) is 45.1 Å². The molecule has 4 rings (SSSR count). The molecule has 3 aliphatic carbocycles. The van der Waals surface area contributed by atoms with E-state index in [1.54, 1.807) is 10.6 Å². The molecule has 0 aromatic carbocycles. The molecule has 1 saturated heterocycles. The van der Waals surface area contributed by atoms with Gasteiger partial charge in [0.25, 0.3) is 0 Å². The standard InChI is InChI=1S/C23H29N3/c1-22(2)10-21-11-23(3,14-22)15-26(21)20-7-6-16-4-5-17(8-18(16)9-20)19(12-24)13-25/h8-9,16,21H,4-7,10-11,14-15H2,1-3H3/p+1/t16-,21+,23+/m1/s1. The summed E-state index contributed by atoms with van der Waals surface area (Å²) < 4.78 is 0. The SMILES string of the molecule is CC1(C)C[C@H]2C[C@](C)(C[NH+]2C2=CC3=CC(=C(C#N)C#N)CC[C@@H]3CC2)C1. The summed E-state index contributed by atoms with van der Waals surface area (Å²) in [5.41, 5.74) is 5.15. The fourth-order valence-electron chi connectivity index (χ4n) is 6.57. The highest BCUT2D eigenvalue weighted by atomic mass is 15.2. The number of quaternary nitrogens is 1. The van der Waals surface area contributed by atoms with Gasteiger partial charge >= 0.3 is 0 Å². The van der Waals surface area contributed by atoms with E-state index in [9.17, 15) is 10.5 Å². The molecule has 4 atom stereocenters. The molecule has 1 saturated carbocycles. The Labute approximate surface area is 157 Å². The van der Waals surface area contributed by atoms with Crippen molar-refractivity contribution in [2.75, 3.05) is 6.54 Å². The second-order valence-corrected chi connectivity index (χ2v) is 10.2. The average molecular weight is 349 g/mol. The Balaban J connectivity index is 1.65. The molecule has 1 heterocycles. The molecule has 1 aliphatic heterocycles. The molecule has 26 heavy (non-hydrogen) atoms. The van der Waals surface area contributed by atoms with Crippen LogP contribution in [-0.4, -0.2) is 12.6 Å². The lowest BCUT2D eigenvalue weighted by molar-refractivity contribution is -0.877. The van der Waals surface area contributed by atoms with Gasteiger partial charge in [-0.2, -0.15) is 10.5 Å². The van der Waals surface area contributed by atoms with Gasteiger partial charge in [-0.25, -0.2) is 0 Å². The molecule has 2 bridgehead atoms. The fourth-order valence-corrected chi connectivity index (χ4v) is 6.57. The van der Waals surface area contributed by atoms with Crippen molar-refractivity contribution in [1.82, 2.24) is 0 Å². The zero-order valence-electron chi connectivity index (χ0n) is 16.4. The zero-order valence-corrected chi connectivity index (χ0v) is 16.4. The number of nitrogens with zero attached hydrogens (tertiary/aromatic N) is 2. The molecule has 0 amide bonds. The summed E-state index contributed by atoms with van der Waals surface area (Å²) in [5.74, 6) is 0.620. The number of fused-ring (bicyclic) bond motifs is 3. The number of hydrogen-bond donors (Lipinski definition) is 1. The van der Waals surface area contributed by atoms with Crippen LogP contribution in [0, 0.1) is 39.4 Å². The van der Waals surface area contributed by atoms with Crippen LogP contribution in [0.15, 0.2) is 34.6 Å². The van der Waals surface area contributed by atoms with Crippen LogP contribution in [0.1, 0.15) is 65.7 Å². The first-order chi connectivity index (χ1) is 12.3. The van der Waals surface area contributed by atoms with Crippen LogP contribution < -0.4 is 4.90 Å². The molecule has 1 unspecified atom stereocenters. The van der Waals surface area contributed by atoms with Crippen LogP contribution in [0.4, 0.5) is 0 Å². The average Bonchev–Trinajstić information content (AvgIpc) is 2.84. The molecular weight excluding hydrogens is 318 g/mol. The molecule has 0 radical (unpaired) electrons. The summed E-state index contributed by atoms with van der Waals surface area (Å²) in [4.78, 5) is 1.73. The predicted octanol–water partition coefficient (Wildman–Crippen LogP) is 3.83. The van der Waals surface area contributed by atoms with Crippen molar-refractivity contribution in [2.24, 2.45) is 16.7 Å². The second-order valence-electron chi connectivity index (χ2n) is 10.2. The Kier molecular flexibility index (Phi) is 4.13. The molecule has 4 aliphatic rings. The number of rotatable bonds is 1. The van der Waals surface area contributed by atoms with Crippen molar-refractivity contribution in [3.8, 4) is 12.1 Å². The quantitative estimate of drug-likeness (QED) is 0.732. The van der Waals surface area contributed by atoms with Gasteiger partial charge in [0.1, 0.15) is 23.4 Å². The maximum Gasteiger partial charge on any atom is 0.132 e. The summed E-state index contributed by atoms with van der Waals surface area (Å²) >= 11 is 0. The summed E-state index contributed by atoms with van der Waals surface area (Å²) in [7, 11) is 0. The summed E-state index contributed by atoms with van der Waals surface area (Å²) in [6.07, 6.45) is 13.0. The third-order valence-corrected chi connectivity index (χ3v) is 7.19. The minimum atomic E-state index is 0.301. The first-order valence-corrected chi connectivity index (χ1v) is 10.1. The number of likely N-dealkylation sites (tertiary alicyclic amines) is 1. The van der Waals surface area contributed by atoms with Crippen molar-refractivity contribution >= 4 is 0 Å². The maximum absolute atomic E-state index is 9.20. The van der Waals surface area contributed by atoms with Gasteiger partial charge in [0.2, 0.25) is 0 Å². The van der Waals surface area contributed by atoms with Gasteiger partial charge in [0.05, 0.1) is 12.6 Å². The van der Waals surface area contributed by atoms with Crippen LogP contribution in [0.25, 0.3) is 0 Å². The van der Waals surface area contributed by atoms with E-state index in [-0.39, 0.29) is 0 Å². The highest BCUT2D eigenvalue weighted by Crippen LogP contribution is 2.48. The molecule has 0 aromatic heterocycles. The van der Waals surface area contributed by atoms with E-state index in [1.807, 2.05) is 0 Å². The van der Waals surface area contributed by atoms with Crippen molar-refractivity contribution in [2.45, 2.75) is 71.8 Å². The van der Waals surface area contributed by atoms with E-state index in [0.717, 1.165) is 24.5 Å². The van der Waals surface area contributed by atoms with Gasteiger partial charge in [0, 0.05) is 24.7 Å². The van der Waals surface area contributed by atoms with Gasteiger partial charge < -0.3 is 4.90 Å². The minimum absolute atomic E-state index is 0.301. The minimum Gasteiger partial charge on any atom is -0.303 e. The van der Waals surface area contributed by atoms with E-state index in [4.69, 9.17) is 0 Å². The third-order valence-electron chi connectivity index (χ3n) is 7.19. The number of hydrogen-bond acceptors (Lipinski definition) is 2. The number of allylic oxidation sites excluding steroid dienone is 6. The summed E-state index contributed by atoms with van der Waals surface area (Å²) in [6.45, 7) is 8.65. The molecule has 0 aromatic rings. The maximum atomic E-state index is 9.20. The second kappa shape index (κ2) is 6.11. The number of nitriles is 2. The van der Waals surface area contributed by atoms with Crippen molar-refractivity contribution in [1.29, 1.82) is 10.5 Å². The molecule has 3 heteroatoms. The van der Waals surface area contributed by atoms with Crippen LogP contribution in [-0.2, 0) is 0 Å². The largest absolute Gasteiger partial charge is 0.303 e.